The third kappa shape index (κ3) is 5.67. The molecule has 0 aliphatic heterocycles. The van der Waals surface area contributed by atoms with Crippen molar-refractivity contribution < 1.29 is 9.53 Å². The van der Waals surface area contributed by atoms with Gasteiger partial charge < -0.3 is 4.74 Å². The van der Waals surface area contributed by atoms with Gasteiger partial charge in [0.2, 0.25) is 0 Å². The number of carbonyl (C=O) groups is 1. The summed E-state index contributed by atoms with van der Waals surface area (Å²) in [6.07, 6.45) is 9.37. The van der Waals surface area contributed by atoms with Crippen molar-refractivity contribution in [3.8, 4) is 0 Å². The highest BCUT2D eigenvalue weighted by atomic mass is 32.2. The van der Waals surface area contributed by atoms with E-state index in [9.17, 15) is 4.79 Å². The molecule has 0 bridgehead atoms. The number of unbranched alkanes of at least 4 members (excludes halogenated alkanes) is 1. The number of benzene rings is 2. The molecule has 0 fully saturated rings. The van der Waals surface area contributed by atoms with E-state index in [1.54, 1.807) is 0 Å². The highest BCUT2D eigenvalue weighted by Crippen LogP contribution is 2.47. The minimum Gasteiger partial charge on any atom is -0.465 e. The van der Waals surface area contributed by atoms with Gasteiger partial charge in [-0.15, -0.1) is 0 Å². The topological polar surface area (TPSA) is 26.3 Å². The van der Waals surface area contributed by atoms with Crippen LogP contribution >= 0.6 is 11.8 Å². The van der Waals surface area contributed by atoms with E-state index in [1.165, 1.54) is 60.8 Å². The minimum absolute atomic E-state index is 0.198. The standard InChI is InChI=1S/C29H38O2S/c1-7-8-17-32-20-24-19-26-25(28(2,3)15-16-29(26,4)5)18-23(24)14-11-21-9-12-22(13-10-21)27(30)31-6/h9-14,18-19H,7-8,15-17,20H2,1-6H3. The molecule has 0 amide bonds. The molecule has 1 aliphatic carbocycles. The van der Waals surface area contributed by atoms with Gasteiger partial charge in [-0.05, 0) is 75.8 Å². The molecule has 32 heavy (non-hydrogen) atoms. The zero-order valence-corrected chi connectivity index (χ0v) is 21.4. The van der Waals surface area contributed by atoms with Crippen molar-refractivity contribution in [3.05, 3.63) is 69.8 Å². The van der Waals surface area contributed by atoms with E-state index in [1.807, 2.05) is 36.0 Å². The number of fused-ring (bicyclic) bond motifs is 1. The first kappa shape index (κ1) is 24.6. The van der Waals surface area contributed by atoms with E-state index < -0.39 is 0 Å². The first-order valence-corrected chi connectivity index (χ1v) is 13.0. The van der Waals surface area contributed by atoms with Crippen molar-refractivity contribution >= 4 is 29.9 Å². The molecule has 2 nitrogen and oxygen atoms in total. The molecule has 0 N–H and O–H groups in total. The Labute approximate surface area is 198 Å². The SMILES string of the molecule is CCCCSCc1cc2c(cc1C=Cc1ccc(C(=O)OC)cc1)C(C)(C)CCC2(C)C. The number of rotatable bonds is 8. The predicted molar refractivity (Wildman–Crippen MR) is 140 cm³/mol. The average molecular weight is 451 g/mol. The Kier molecular flexibility index (Phi) is 7.92. The van der Waals surface area contributed by atoms with E-state index in [0.29, 0.717) is 5.56 Å². The van der Waals surface area contributed by atoms with Gasteiger partial charge in [0.05, 0.1) is 12.7 Å². The fourth-order valence-corrected chi connectivity index (χ4v) is 5.53. The van der Waals surface area contributed by atoms with Crippen molar-refractivity contribution in [1.29, 1.82) is 0 Å². The number of thioether (sulfide) groups is 1. The van der Waals surface area contributed by atoms with Crippen molar-refractivity contribution in [2.75, 3.05) is 12.9 Å². The third-order valence-corrected chi connectivity index (χ3v) is 7.89. The van der Waals surface area contributed by atoms with Crippen LogP contribution in [0.3, 0.4) is 0 Å². The molecule has 1 aliphatic rings. The smallest absolute Gasteiger partial charge is 0.337 e. The number of hydrogen-bond acceptors (Lipinski definition) is 3. The third-order valence-electron chi connectivity index (χ3n) is 6.80. The lowest BCUT2D eigenvalue weighted by molar-refractivity contribution is 0.0600. The summed E-state index contributed by atoms with van der Waals surface area (Å²) in [6.45, 7) is 11.8. The summed E-state index contributed by atoms with van der Waals surface area (Å²) in [4.78, 5) is 11.7. The van der Waals surface area contributed by atoms with E-state index in [-0.39, 0.29) is 16.8 Å². The van der Waals surface area contributed by atoms with Gasteiger partial charge in [-0.3, -0.25) is 0 Å². The van der Waals surface area contributed by atoms with Crippen LogP contribution in [0, 0.1) is 0 Å². The number of esters is 1. The van der Waals surface area contributed by atoms with Crippen LogP contribution in [0.25, 0.3) is 12.2 Å². The maximum absolute atomic E-state index is 11.7. The van der Waals surface area contributed by atoms with Crippen LogP contribution in [-0.2, 0) is 21.3 Å². The molecular weight excluding hydrogens is 412 g/mol. The summed E-state index contributed by atoms with van der Waals surface area (Å²) in [5, 5.41) is 0. The quantitative estimate of drug-likeness (QED) is 0.231. The van der Waals surface area contributed by atoms with Crippen LogP contribution < -0.4 is 0 Å². The van der Waals surface area contributed by atoms with Crippen LogP contribution in [-0.4, -0.2) is 18.8 Å². The van der Waals surface area contributed by atoms with Gasteiger partial charge in [-0.1, -0.05) is 77.5 Å². The number of carbonyl (C=O) groups excluding carboxylic acids is 1. The Bertz CT molecular complexity index is 967. The normalized spacial score (nSPS) is 16.7. The zero-order chi connectivity index (χ0) is 23.4. The second kappa shape index (κ2) is 10.3. The van der Waals surface area contributed by atoms with Crippen LogP contribution in [0.1, 0.15) is 98.5 Å². The summed E-state index contributed by atoms with van der Waals surface area (Å²) >= 11 is 2.04. The molecule has 2 aromatic carbocycles. The van der Waals surface area contributed by atoms with Gasteiger partial charge in [0, 0.05) is 5.75 Å². The van der Waals surface area contributed by atoms with E-state index in [0.717, 1.165) is 11.3 Å². The highest BCUT2D eigenvalue weighted by molar-refractivity contribution is 7.98. The lowest BCUT2D eigenvalue weighted by Crippen LogP contribution is -2.34. The van der Waals surface area contributed by atoms with Crippen molar-refractivity contribution in [3.63, 3.8) is 0 Å². The van der Waals surface area contributed by atoms with E-state index in [2.05, 4.69) is 58.9 Å². The molecule has 2 aromatic rings. The molecule has 0 atom stereocenters. The summed E-state index contributed by atoms with van der Waals surface area (Å²) in [5.74, 6) is 1.96. The Balaban J connectivity index is 1.97. The molecule has 0 spiro atoms. The lowest BCUT2D eigenvalue weighted by atomic mass is 9.62. The van der Waals surface area contributed by atoms with Crippen LogP contribution in [0.4, 0.5) is 0 Å². The number of hydrogen-bond donors (Lipinski definition) is 0. The molecule has 0 radical (unpaired) electrons. The van der Waals surface area contributed by atoms with Gasteiger partial charge in [-0.2, -0.15) is 11.8 Å². The summed E-state index contributed by atoms with van der Waals surface area (Å²) in [5.41, 5.74) is 7.85. The second-order valence-corrected chi connectivity index (χ2v) is 11.3. The predicted octanol–water partition coefficient (Wildman–Crippen LogP) is 8.03. The van der Waals surface area contributed by atoms with Gasteiger partial charge in [-0.25, -0.2) is 4.79 Å². The number of ether oxygens (including phenoxy) is 1. The summed E-state index contributed by atoms with van der Waals surface area (Å²) in [6, 6.07) is 12.5. The average Bonchev–Trinajstić information content (AvgIpc) is 2.78. The first-order valence-electron chi connectivity index (χ1n) is 11.8. The van der Waals surface area contributed by atoms with Gasteiger partial charge in [0.15, 0.2) is 0 Å². The molecule has 0 unspecified atom stereocenters. The Morgan fingerprint density at radius 2 is 1.62 bits per heavy atom. The van der Waals surface area contributed by atoms with Crippen molar-refractivity contribution in [2.45, 2.75) is 76.9 Å². The summed E-state index contributed by atoms with van der Waals surface area (Å²) in [7, 11) is 1.41. The van der Waals surface area contributed by atoms with E-state index >= 15 is 0 Å². The zero-order valence-electron chi connectivity index (χ0n) is 20.6. The Morgan fingerprint density at radius 1 is 1.00 bits per heavy atom. The Hall–Kier alpha value is -2.00. The van der Waals surface area contributed by atoms with E-state index in [4.69, 9.17) is 4.74 Å². The van der Waals surface area contributed by atoms with Crippen LogP contribution in [0.2, 0.25) is 0 Å². The first-order chi connectivity index (χ1) is 15.2. The summed E-state index contributed by atoms with van der Waals surface area (Å²) < 4.78 is 4.81. The lowest BCUT2D eigenvalue weighted by Gasteiger charge is -2.42. The monoisotopic (exact) mass is 450 g/mol. The molecule has 0 saturated carbocycles. The number of methoxy groups -OCH3 is 1. The maximum atomic E-state index is 11.7. The minimum atomic E-state index is -0.300. The van der Waals surface area contributed by atoms with Crippen molar-refractivity contribution in [2.24, 2.45) is 0 Å². The molecule has 0 saturated heterocycles. The molecular formula is C29H38O2S. The highest BCUT2D eigenvalue weighted by Gasteiger charge is 2.37. The van der Waals surface area contributed by atoms with Gasteiger partial charge in [0.1, 0.15) is 0 Å². The largest absolute Gasteiger partial charge is 0.465 e. The molecule has 3 rings (SSSR count). The molecule has 0 heterocycles. The molecule has 172 valence electrons. The fraction of sp³-hybridized carbons (Fsp3) is 0.483. The fourth-order valence-electron chi connectivity index (χ4n) is 4.42. The Morgan fingerprint density at radius 3 is 2.22 bits per heavy atom. The van der Waals surface area contributed by atoms with Crippen molar-refractivity contribution in [1.82, 2.24) is 0 Å². The van der Waals surface area contributed by atoms with Gasteiger partial charge >= 0.3 is 5.97 Å². The van der Waals surface area contributed by atoms with Crippen LogP contribution in [0.5, 0.6) is 0 Å². The van der Waals surface area contributed by atoms with Gasteiger partial charge in [0.25, 0.3) is 0 Å². The second-order valence-electron chi connectivity index (χ2n) is 10.2. The maximum Gasteiger partial charge on any atom is 0.337 e. The van der Waals surface area contributed by atoms with Crippen LogP contribution in [0.15, 0.2) is 36.4 Å². The molecule has 3 heteroatoms. The molecule has 0 aromatic heterocycles.